The first-order valence-corrected chi connectivity index (χ1v) is 6.24. The summed E-state index contributed by atoms with van der Waals surface area (Å²) < 4.78 is 0. The summed E-state index contributed by atoms with van der Waals surface area (Å²) in [6.45, 7) is 0. The second-order valence-electron chi connectivity index (χ2n) is 4.61. The standard InChI is InChI=1S/C13H15N5/c14-12-7-10(9-3-1-2-4-9)17-13(18-12)11-8-15-5-6-16-11/h5-9H,1-4H2,(H2,14,17,18). The van der Waals surface area contributed by atoms with E-state index in [1.165, 1.54) is 25.7 Å². The van der Waals surface area contributed by atoms with Crippen molar-refractivity contribution in [1.29, 1.82) is 0 Å². The summed E-state index contributed by atoms with van der Waals surface area (Å²) in [5.74, 6) is 1.60. The second kappa shape index (κ2) is 4.68. The van der Waals surface area contributed by atoms with Crippen molar-refractivity contribution in [3.05, 3.63) is 30.4 Å². The molecule has 2 aromatic rings. The van der Waals surface area contributed by atoms with Crippen LogP contribution in [0.15, 0.2) is 24.7 Å². The third-order valence-corrected chi connectivity index (χ3v) is 3.33. The molecule has 92 valence electrons. The molecular weight excluding hydrogens is 226 g/mol. The Morgan fingerprint density at radius 3 is 2.67 bits per heavy atom. The summed E-state index contributed by atoms with van der Waals surface area (Å²) in [6.07, 6.45) is 9.86. The van der Waals surface area contributed by atoms with E-state index in [1.54, 1.807) is 18.6 Å². The van der Waals surface area contributed by atoms with Crippen LogP contribution in [0.1, 0.15) is 37.3 Å². The van der Waals surface area contributed by atoms with Gasteiger partial charge in [0, 0.05) is 30.1 Å². The molecule has 5 nitrogen and oxygen atoms in total. The van der Waals surface area contributed by atoms with Crippen LogP contribution in [0.2, 0.25) is 0 Å². The van der Waals surface area contributed by atoms with Crippen LogP contribution in [0.5, 0.6) is 0 Å². The van der Waals surface area contributed by atoms with E-state index in [2.05, 4.69) is 19.9 Å². The number of anilines is 1. The normalized spacial score (nSPS) is 16.0. The molecule has 0 unspecified atom stereocenters. The molecule has 18 heavy (non-hydrogen) atoms. The number of nitrogens with zero attached hydrogens (tertiary/aromatic N) is 4. The van der Waals surface area contributed by atoms with Gasteiger partial charge in [0.05, 0.1) is 6.20 Å². The average molecular weight is 241 g/mol. The molecule has 1 fully saturated rings. The average Bonchev–Trinajstić information content (AvgIpc) is 2.93. The maximum atomic E-state index is 5.87. The number of hydrogen-bond donors (Lipinski definition) is 1. The number of rotatable bonds is 2. The van der Waals surface area contributed by atoms with E-state index in [0.29, 0.717) is 23.3 Å². The lowest BCUT2D eigenvalue weighted by Gasteiger charge is -2.10. The monoisotopic (exact) mass is 241 g/mol. The zero-order chi connectivity index (χ0) is 12.4. The molecule has 2 N–H and O–H groups in total. The van der Waals surface area contributed by atoms with Gasteiger partial charge in [0.15, 0.2) is 5.82 Å². The van der Waals surface area contributed by atoms with E-state index in [9.17, 15) is 0 Å². The van der Waals surface area contributed by atoms with Crippen LogP contribution >= 0.6 is 0 Å². The molecular formula is C13H15N5. The van der Waals surface area contributed by atoms with E-state index in [1.807, 2.05) is 6.07 Å². The van der Waals surface area contributed by atoms with Crippen LogP contribution < -0.4 is 5.73 Å². The van der Waals surface area contributed by atoms with Gasteiger partial charge in [-0.25, -0.2) is 15.0 Å². The second-order valence-corrected chi connectivity index (χ2v) is 4.61. The van der Waals surface area contributed by atoms with Crippen molar-refractivity contribution in [2.45, 2.75) is 31.6 Å². The summed E-state index contributed by atoms with van der Waals surface area (Å²) in [7, 11) is 0. The molecule has 5 heteroatoms. The van der Waals surface area contributed by atoms with Crippen molar-refractivity contribution < 1.29 is 0 Å². The molecule has 1 aliphatic carbocycles. The fourth-order valence-electron chi connectivity index (χ4n) is 2.45. The highest BCUT2D eigenvalue weighted by Gasteiger charge is 2.20. The SMILES string of the molecule is Nc1cc(C2CCCC2)nc(-c2cnccn2)n1. The minimum absolute atomic E-state index is 0.507. The summed E-state index contributed by atoms with van der Waals surface area (Å²) in [5, 5.41) is 0. The van der Waals surface area contributed by atoms with Crippen molar-refractivity contribution >= 4 is 5.82 Å². The highest BCUT2D eigenvalue weighted by Crippen LogP contribution is 2.34. The molecule has 3 rings (SSSR count). The first-order chi connectivity index (χ1) is 8.83. The van der Waals surface area contributed by atoms with Crippen LogP contribution in [0.4, 0.5) is 5.82 Å². The third kappa shape index (κ3) is 2.16. The minimum Gasteiger partial charge on any atom is -0.384 e. The highest BCUT2D eigenvalue weighted by molar-refractivity contribution is 5.50. The number of hydrogen-bond acceptors (Lipinski definition) is 5. The lowest BCUT2D eigenvalue weighted by molar-refractivity contribution is 0.695. The molecule has 2 aromatic heterocycles. The minimum atomic E-state index is 0.507. The van der Waals surface area contributed by atoms with Crippen molar-refractivity contribution in [3.8, 4) is 11.5 Å². The van der Waals surface area contributed by atoms with Crippen molar-refractivity contribution in [3.63, 3.8) is 0 Å². The number of nitrogens with two attached hydrogens (primary N) is 1. The Morgan fingerprint density at radius 1 is 1.11 bits per heavy atom. The zero-order valence-electron chi connectivity index (χ0n) is 10.1. The molecule has 1 aliphatic rings. The van der Waals surface area contributed by atoms with E-state index < -0.39 is 0 Å². The van der Waals surface area contributed by atoms with Crippen molar-refractivity contribution in [2.75, 3.05) is 5.73 Å². The molecule has 2 heterocycles. The van der Waals surface area contributed by atoms with Gasteiger partial charge >= 0.3 is 0 Å². The van der Waals surface area contributed by atoms with Crippen molar-refractivity contribution in [1.82, 2.24) is 19.9 Å². The van der Waals surface area contributed by atoms with Gasteiger partial charge in [-0.2, -0.15) is 0 Å². The summed E-state index contributed by atoms with van der Waals surface area (Å²) in [5.41, 5.74) is 7.58. The molecule has 0 bridgehead atoms. The largest absolute Gasteiger partial charge is 0.384 e. The Bertz CT molecular complexity index is 534. The van der Waals surface area contributed by atoms with Gasteiger partial charge in [0.1, 0.15) is 11.5 Å². The van der Waals surface area contributed by atoms with E-state index in [4.69, 9.17) is 5.73 Å². The van der Waals surface area contributed by atoms with E-state index in [0.717, 1.165) is 5.69 Å². The molecule has 0 aromatic carbocycles. The number of aromatic nitrogens is 4. The third-order valence-electron chi connectivity index (χ3n) is 3.33. The topological polar surface area (TPSA) is 77.6 Å². The summed E-state index contributed by atoms with van der Waals surface area (Å²) in [6, 6.07) is 1.88. The predicted octanol–water partition coefficient (Wildman–Crippen LogP) is 2.17. The molecule has 0 radical (unpaired) electrons. The van der Waals surface area contributed by atoms with Crippen LogP contribution in [0.25, 0.3) is 11.5 Å². The fraction of sp³-hybridized carbons (Fsp3) is 0.385. The van der Waals surface area contributed by atoms with Gasteiger partial charge in [-0.05, 0) is 12.8 Å². The lowest BCUT2D eigenvalue weighted by atomic mass is 10.0. The Kier molecular flexibility index (Phi) is 2.88. The first kappa shape index (κ1) is 11.1. The van der Waals surface area contributed by atoms with Gasteiger partial charge in [-0.1, -0.05) is 12.8 Å². The maximum Gasteiger partial charge on any atom is 0.182 e. The molecule has 0 aliphatic heterocycles. The zero-order valence-corrected chi connectivity index (χ0v) is 10.1. The van der Waals surface area contributed by atoms with Crippen LogP contribution in [0, 0.1) is 0 Å². The van der Waals surface area contributed by atoms with Gasteiger partial charge < -0.3 is 5.73 Å². The smallest absolute Gasteiger partial charge is 0.182 e. The van der Waals surface area contributed by atoms with Gasteiger partial charge in [0.2, 0.25) is 0 Å². The summed E-state index contributed by atoms with van der Waals surface area (Å²) >= 11 is 0. The quantitative estimate of drug-likeness (QED) is 0.871. The van der Waals surface area contributed by atoms with Crippen molar-refractivity contribution in [2.24, 2.45) is 0 Å². The predicted molar refractivity (Wildman–Crippen MR) is 68.7 cm³/mol. The summed E-state index contributed by atoms with van der Waals surface area (Å²) in [4.78, 5) is 17.1. The van der Waals surface area contributed by atoms with Gasteiger partial charge in [-0.3, -0.25) is 4.98 Å². The lowest BCUT2D eigenvalue weighted by Crippen LogP contribution is -2.04. The maximum absolute atomic E-state index is 5.87. The van der Waals surface area contributed by atoms with E-state index in [-0.39, 0.29) is 0 Å². The molecule has 0 atom stereocenters. The Morgan fingerprint density at radius 2 is 1.94 bits per heavy atom. The fourth-order valence-corrected chi connectivity index (χ4v) is 2.45. The van der Waals surface area contributed by atoms with Gasteiger partial charge in [-0.15, -0.1) is 0 Å². The highest BCUT2D eigenvalue weighted by atomic mass is 15.0. The molecule has 0 saturated heterocycles. The van der Waals surface area contributed by atoms with Gasteiger partial charge in [0.25, 0.3) is 0 Å². The molecule has 0 spiro atoms. The Hall–Kier alpha value is -2.04. The Labute approximate surface area is 106 Å². The number of nitrogen functional groups attached to an aromatic ring is 1. The van der Waals surface area contributed by atoms with Crippen LogP contribution in [0.3, 0.4) is 0 Å². The first-order valence-electron chi connectivity index (χ1n) is 6.24. The molecule has 1 saturated carbocycles. The van der Waals surface area contributed by atoms with Crippen LogP contribution in [-0.4, -0.2) is 19.9 Å². The Balaban J connectivity index is 2.00. The van der Waals surface area contributed by atoms with Crippen LogP contribution in [-0.2, 0) is 0 Å². The molecule has 0 amide bonds. The van der Waals surface area contributed by atoms with E-state index >= 15 is 0 Å².